The van der Waals surface area contributed by atoms with Gasteiger partial charge in [0.05, 0.1) is 31.9 Å². The van der Waals surface area contributed by atoms with Crippen LogP contribution in [0.3, 0.4) is 0 Å². The Bertz CT molecular complexity index is 1360. The Balaban J connectivity index is 1.60. The summed E-state index contributed by atoms with van der Waals surface area (Å²) in [6.45, 7) is 5.28. The van der Waals surface area contributed by atoms with Crippen LogP contribution in [0, 0.1) is 5.92 Å². The summed E-state index contributed by atoms with van der Waals surface area (Å²) in [6, 6.07) is 18.7. The molecular weight excluding hydrogens is 470 g/mol. The summed E-state index contributed by atoms with van der Waals surface area (Å²) in [4.78, 5) is 28.2. The van der Waals surface area contributed by atoms with Crippen LogP contribution in [0.25, 0.3) is 5.76 Å². The Morgan fingerprint density at radius 3 is 2.41 bits per heavy atom. The van der Waals surface area contributed by atoms with Gasteiger partial charge in [-0.2, -0.15) is 0 Å². The van der Waals surface area contributed by atoms with E-state index in [1.165, 1.54) is 4.90 Å². The summed E-state index contributed by atoms with van der Waals surface area (Å²) in [7, 11) is 1.57. The number of amides is 1. The Morgan fingerprint density at radius 1 is 1.03 bits per heavy atom. The largest absolute Gasteiger partial charge is 0.507 e. The first kappa shape index (κ1) is 24.4. The minimum Gasteiger partial charge on any atom is -0.507 e. The molecule has 1 amide bonds. The van der Waals surface area contributed by atoms with E-state index in [1.54, 1.807) is 67.8 Å². The van der Waals surface area contributed by atoms with E-state index in [9.17, 15) is 14.7 Å². The molecule has 3 aromatic carbocycles. The molecule has 0 saturated carbocycles. The van der Waals surface area contributed by atoms with Crippen molar-refractivity contribution in [3.63, 3.8) is 0 Å². The molecule has 37 heavy (non-hydrogen) atoms. The highest BCUT2D eigenvalue weighted by Crippen LogP contribution is 2.43. The fourth-order valence-electron chi connectivity index (χ4n) is 4.66. The SMILES string of the molecule is COc1ccc(C2/C(=C(/O)c3ccc4c(c3)CCO4)C(=O)C(=O)N2c2ccc(OCC(C)C)cc2)cc1. The number of nitrogens with zero attached hydrogens (tertiary/aromatic N) is 1. The summed E-state index contributed by atoms with van der Waals surface area (Å²) in [5, 5.41) is 11.4. The molecule has 7 nitrogen and oxygen atoms in total. The smallest absolute Gasteiger partial charge is 0.300 e. The topological polar surface area (TPSA) is 85.3 Å². The lowest BCUT2D eigenvalue weighted by Gasteiger charge is -2.26. The Hall–Kier alpha value is -4.26. The number of aliphatic hydroxyl groups excluding tert-OH is 1. The lowest BCUT2D eigenvalue weighted by atomic mass is 9.94. The molecule has 5 rings (SSSR count). The van der Waals surface area contributed by atoms with Crippen molar-refractivity contribution in [2.75, 3.05) is 25.2 Å². The van der Waals surface area contributed by atoms with Gasteiger partial charge < -0.3 is 19.3 Å². The number of methoxy groups -OCH3 is 1. The molecule has 0 radical (unpaired) electrons. The van der Waals surface area contributed by atoms with Gasteiger partial charge in [-0.3, -0.25) is 14.5 Å². The van der Waals surface area contributed by atoms with E-state index in [4.69, 9.17) is 14.2 Å². The molecule has 0 bridgehead atoms. The molecule has 1 unspecified atom stereocenters. The number of benzene rings is 3. The third-order valence-electron chi connectivity index (χ3n) is 6.54. The standard InChI is InChI=1S/C30H29NO6/c1-18(2)17-37-24-11-7-22(8-12-24)31-27(19-4-9-23(35-3)10-5-19)26(29(33)30(31)34)28(32)21-6-13-25-20(16-21)14-15-36-25/h4-13,16,18,27,32H,14-15,17H2,1-3H3/b28-26-. The summed E-state index contributed by atoms with van der Waals surface area (Å²) in [6.07, 6.45) is 0.720. The molecule has 3 aromatic rings. The van der Waals surface area contributed by atoms with E-state index in [-0.39, 0.29) is 11.3 Å². The number of rotatable bonds is 7. The van der Waals surface area contributed by atoms with Crippen molar-refractivity contribution in [3.05, 3.63) is 89.0 Å². The number of aliphatic hydroxyl groups is 1. The van der Waals surface area contributed by atoms with Gasteiger partial charge in [0.15, 0.2) is 0 Å². The minimum atomic E-state index is -0.821. The van der Waals surface area contributed by atoms with Gasteiger partial charge in [-0.25, -0.2) is 0 Å². The van der Waals surface area contributed by atoms with Gasteiger partial charge >= 0.3 is 0 Å². The van der Waals surface area contributed by atoms with Crippen molar-refractivity contribution in [1.29, 1.82) is 0 Å². The van der Waals surface area contributed by atoms with E-state index < -0.39 is 17.7 Å². The van der Waals surface area contributed by atoms with Gasteiger partial charge in [-0.1, -0.05) is 26.0 Å². The number of fused-ring (bicyclic) bond motifs is 1. The van der Waals surface area contributed by atoms with Gasteiger partial charge in [0.25, 0.3) is 11.7 Å². The maximum absolute atomic E-state index is 13.4. The van der Waals surface area contributed by atoms with Crippen LogP contribution in [0.1, 0.15) is 36.6 Å². The summed E-state index contributed by atoms with van der Waals surface area (Å²) >= 11 is 0. The molecule has 190 valence electrons. The number of carbonyl (C=O) groups excluding carboxylic acids is 2. The first-order chi connectivity index (χ1) is 17.9. The molecule has 2 aliphatic rings. The van der Waals surface area contributed by atoms with Gasteiger partial charge in [-0.05, 0) is 71.6 Å². The molecule has 1 N–H and O–H groups in total. The fraction of sp³-hybridized carbons (Fsp3) is 0.267. The van der Waals surface area contributed by atoms with Crippen LogP contribution in [0.2, 0.25) is 0 Å². The molecule has 7 heteroatoms. The zero-order chi connectivity index (χ0) is 26.1. The quantitative estimate of drug-likeness (QED) is 0.270. The highest BCUT2D eigenvalue weighted by molar-refractivity contribution is 6.51. The van der Waals surface area contributed by atoms with Gasteiger partial charge in [0, 0.05) is 17.7 Å². The zero-order valence-corrected chi connectivity index (χ0v) is 21.1. The Kier molecular flexibility index (Phi) is 6.61. The highest BCUT2D eigenvalue weighted by atomic mass is 16.5. The first-order valence-corrected chi connectivity index (χ1v) is 12.3. The molecular formula is C30H29NO6. The van der Waals surface area contributed by atoms with E-state index in [0.29, 0.717) is 47.4 Å². The molecule has 1 fully saturated rings. The van der Waals surface area contributed by atoms with Gasteiger partial charge in [0.1, 0.15) is 23.0 Å². The number of hydrogen-bond acceptors (Lipinski definition) is 6. The lowest BCUT2D eigenvalue weighted by molar-refractivity contribution is -0.132. The van der Waals surface area contributed by atoms with E-state index in [2.05, 4.69) is 13.8 Å². The van der Waals surface area contributed by atoms with Crippen molar-refractivity contribution in [2.24, 2.45) is 5.92 Å². The highest BCUT2D eigenvalue weighted by Gasteiger charge is 2.47. The predicted molar refractivity (Wildman–Crippen MR) is 140 cm³/mol. The molecule has 2 heterocycles. The van der Waals surface area contributed by atoms with E-state index >= 15 is 0 Å². The van der Waals surface area contributed by atoms with Crippen LogP contribution in [0.4, 0.5) is 5.69 Å². The maximum atomic E-state index is 13.4. The predicted octanol–water partition coefficient (Wildman–Crippen LogP) is 5.29. The summed E-state index contributed by atoms with van der Waals surface area (Å²) in [5.74, 6) is 0.800. The fourth-order valence-corrected chi connectivity index (χ4v) is 4.66. The monoisotopic (exact) mass is 499 g/mol. The second kappa shape index (κ2) is 10.0. The van der Waals surface area contributed by atoms with Crippen LogP contribution in [0.5, 0.6) is 17.2 Å². The molecule has 0 aromatic heterocycles. The third-order valence-corrected chi connectivity index (χ3v) is 6.54. The third kappa shape index (κ3) is 4.65. The van der Waals surface area contributed by atoms with Crippen molar-refractivity contribution in [1.82, 2.24) is 0 Å². The average molecular weight is 500 g/mol. The molecule has 1 saturated heterocycles. The van der Waals surface area contributed by atoms with Gasteiger partial charge in [0.2, 0.25) is 0 Å². The zero-order valence-electron chi connectivity index (χ0n) is 21.1. The number of Topliss-reactive ketones (excluding diaryl/α,β-unsaturated/α-hetero) is 1. The van der Waals surface area contributed by atoms with Crippen molar-refractivity contribution in [3.8, 4) is 17.2 Å². The summed E-state index contributed by atoms with van der Waals surface area (Å²) < 4.78 is 16.6. The molecule has 0 aliphatic carbocycles. The van der Waals surface area contributed by atoms with Crippen LogP contribution in [0.15, 0.2) is 72.3 Å². The maximum Gasteiger partial charge on any atom is 0.300 e. The number of ketones is 1. The Morgan fingerprint density at radius 2 is 1.73 bits per heavy atom. The molecule has 1 atom stereocenters. The number of hydrogen-bond donors (Lipinski definition) is 1. The average Bonchev–Trinajstić information content (AvgIpc) is 3.49. The first-order valence-electron chi connectivity index (χ1n) is 12.3. The lowest BCUT2D eigenvalue weighted by Crippen LogP contribution is -2.29. The number of anilines is 1. The van der Waals surface area contributed by atoms with E-state index in [1.807, 2.05) is 6.07 Å². The molecule has 2 aliphatic heterocycles. The second-order valence-electron chi connectivity index (χ2n) is 9.56. The number of carbonyl (C=O) groups is 2. The van der Waals surface area contributed by atoms with Crippen molar-refractivity contribution < 1.29 is 28.9 Å². The summed E-state index contributed by atoms with van der Waals surface area (Å²) in [5.41, 5.74) is 2.66. The number of ether oxygens (including phenoxy) is 3. The van der Waals surface area contributed by atoms with Crippen LogP contribution >= 0.6 is 0 Å². The minimum absolute atomic E-state index is 0.0363. The van der Waals surface area contributed by atoms with Crippen LogP contribution in [-0.2, 0) is 16.0 Å². The van der Waals surface area contributed by atoms with E-state index in [0.717, 1.165) is 17.7 Å². The Labute approximate surface area is 215 Å². The van der Waals surface area contributed by atoms with Crippen molar-refractivity contribution >= 4 is 23.1 Å². The van der Waals surface area contributed by atoms with Crippen molar-refractivity contribution in [2.45, 2.75) is 26.3 Å². The normalized spacial score (nSPS) is 18.2. The molecule has 0 spiro atoms. The second-order valence-corrected chi connectivity index (χ2v) is 9.56. The van der Waals surface area contributed by atoms with Crippen LogP contribution < -0.4 is 19.1 Å². The van der Waals surface area contributed by atoms with Gasteiger partial charge in [-0.15, -0.1) is 0 Å². The van der Waals surface area contributed by atoms with Crippen LogP contribution in [-0.4, -0.2) is 37.1 Å².